The largest absolute Gasteiger partial charge is 0.504 e. The van der Waals surface area contributed by atoms with Crippen LogP contribution in [0.5, 0.6) is 23.0 Å². The Morgan fingerprint density at radius 2 is 1.54 bits per heavy atom. The maximum absolute atomic E-state index is 10.2. The first kappa shape index (κ1) is 15.1. The third-order valence-corrected chi connectivity index (χ3v) is 5.35. The van der Waals surface area contributed by atoms with Crippen molar-refractivity contribution in [2.24, 2.45) is 0 Å². The number of ether oxygens (including phenoxy) is 2. The summed E-state index contributed by atoms with van der Waals surface area (Å²) < 4.78 is 10.6. The Bertz CT molecular complexity index is 817. The van der Waals surface area contributed by atoms with E-state index < -0.39 is 0 Å². The molecule has 0 spiro atoms. The summed E-state index contributed by atoms with van der Waals surface area (Å²) in [5.74, 6) is 1.49. The minimum absolute atomic E-state index is 0.155. The van der Waals surface area contributed by atoms with Crippen molar-refractivity contribution >= 4 is 0 Å². The van der Waals surface area contributed by atoms with Crippen LogP contribution in [0.4, 0.5) is 0 Å². The molecule has 0 saturated heterocycles. The molecule has 1 aliphatic carbocycles. The minimum atomic E-state index is 0.155. The molecular formula is C19H21NO4. The number of rotatable bonds is 2. The van der Waals surface area contributed by atoms with Crippen molar-refractivity contribution in [3.63, 3.8) is 0 Å². The van der Waals surface area contributed by atoms with Gasteiger partial charge in [0.15, 0.2) is 23.0 Å². The number of methoxy groups -OCH3 is 2. The molecule has 0 aromatic heterocycles. The van der Waals surface area contributed by atoms with E-state index in [1.165, 1.54) is 11.1 Å². The zero-order chi connectivity index (χ0) is 17.0. The highest BCUT2D eigenvalue weighted by Crippen LogP contribution is 2.50. The molecule has 2 aromatic rings. The number of hydrogen-bond donors (Lipinski definition) is 2. The zero-order valence-corrected chi connectivity index (χ0v) is 14.0. The Balaban J connectivity index is 1.96. The maximum Gasteiger partial charge on any atom is 0.160 e. The van der Waals surface area contributed by atoms with Crippen LogP contribution in [0.15, 0.2) is 24.3 Å². The van der Waals surface area contributed by atoms with Gasteiger partial charge in [0.25, 0.3) is 0 Å². The quantitative estimate of drug-likeness (QED) is 0.888. The molecule has 24 heavy (non-hydrogen) atoms. The molecule has 0 radical (unpaired) electrons. The first-order valence-corrected chi connectivity index (χ1v) is 8.04. The molecule has 5 heteroatoms. The predicted octanol–water partition coefficient (Wildman–Crippen LogP) is 2.79. The topological polar surface area (TPSA) is 62.2 Å². The van der Waals surface area contributed by atoms with E-state index in [4.69, 9.17) is 9.47 Å². The third kappa shape index (κ3) is 2.04. The number of benzene rings is 2. The molecule has 2 N–H and O–H groups in total. The molecule has 2 aromatic carbocycles. The summed E-state index contributed by atoms with van der Waals surface area (Å²) in [5.41, 5.74) is 4.61. The van der Waals surface area contributed by atoms with Crippen LogP contribution >= 0.6 is 0 Å². The summed E-state index contributed by atoms with van der Waals surface area (Å²) in [4.78, 5) is 2.31. The second-order valence-electron chi connectivity index (χ2n) is 6.59. The minimum Gasteiger partial charge on any atom is -0.504 e. The molecule has 0 saturated carbocycles. The molecule has 0 fully saturated rings. The maximum atomic E-state index is 10.2. The number of phenolic OH excluding ortho intramolecular Hbond substituents is 2. The molecular weight excluding hydrogens is 306 g/mol. The first-order chi connectivity index (χ1) is 11.5. The van der Waals surface area contributed by atoms with E-state index in [0.29, 0.717) is 11.5 Å². The number of hydrogen-bond acceptors (Lipinski definition) is 5. The molecule has 2 atom stereocenters. The van der Waals surface area contributed by atoms with Gasteiger partial charge in [0.2, 0.25) is 0 Å². The molecule has 2 heterocycles. The molecule has 2 unspecified atom stereocenters. The van der Waals surface area contributed by atoms with Gasteiger partial charge in [0, 0.05) is 18.5 Å². The smallest absolute Gasteiger partial charge is 0.160 e. The number of nitrogens with zero attached hydrogens (tertiary/aromatic N) is 1. The van der Waals surface area contributed by atoms with E-state index in [1.807, 2.05) is 24.3 Å². The second-order valence-corrected chi connectivity index (χ2v) is 6.59. The van der Waals surface area contributed by atoms with Gasteiger partial charge in [-0.1, -0.05) is 0 Å². The van der Waals surface area contributed by atoms with E-state index in [1.54, 1.807) is 14.2 Å². The van der Waals surface area contributed by atoms with Crippen LogP contribution in [-0.4, -0.2) is 42.9 Å². The van der Waals surface area contributed by atoms with Crippen molar-refractivity contribution in [3.8, 4) is 23.0 Å². The van der Waals surface area contributed by atoms with E-state index >= 15 is 0 Å². The summed E-state index contributed by atoms with van der Waals surface area (Å²) in [6, 6.07) is 7.70. The lowest BCUT2D eigenvalue weighted by Crippen LogP contribution is -2.33. The van der Waals surface area contributed by atoms with Crippen LogP contribution in [0.25, 0.3) is 0 Å². The lowest BCUT2D eigenvalue weighted by atomic mass is 9.84. The average molecular weight is 327 g/mol. The van der Waals surface area contributed by atoms with Crippen LogP contribution in [0, 0.1) is 0 Å². The van der Waals surface area contributed by atoms with Crippen LogP contribution in [0.2, 0.25) is 0 Å². The van der Waals surface area contributed by atoms with Crippen molar-refractivity contribution in [2.45, 2.75) is 18.4 Å². The average Bonchev–Trinajstić information content (AvgIpc) is 2.77. The fourth-order valence-corrected chi connectivity index (χ4v) is 4.14. The zero-order valence-electron chi connectivity index (χ0n) is 14.0. The SMILES string of the molecule is COc1cc2c(cc1O)CC1c3cc(O)c(OC)cc3C2CN1C. The van der Waals surface area contributed by atoms with Gasteiger partial charge in [-0.15, -0.1) is 0 Å². The summed E-state index contributed by atoms with van der Waals surface area (Å²) >= 11 is 0. The van der Waals surface area contributed by atoms with Gasteiger partial charge in [0.1, 0.15) is 0 Å². The predicted molar refractivity (Wildman–Crippen MR) is 90.2 cm³/mol. The summed E-state index contributed by atoms with van der Waals surface area (Å²) in [6.07, 6.45) is 0.790. The van der Waals surface area contributed by atoms with E-state index in [2.05, 4.69) is 11.9 Å². The fourth-order valence-electron chi connectivity index (χ4n) is 4.14. The Morgan fingerprint density at radius 3 is 2.21 bits per heavy atom. The van der Waals surface area contributed by atoms with Crippen molar-refractivity contribution in [1.29, 1.82) is 0 Å². The summed E-state index contributed by atoms with van der Waals surface area (Å²) in [5, 5.41) is 20.4. The number of aromatic hydroxyl groups is 2. The van der Waals surface area contributed by atoms with Crippen LogP contribution in [-0.2, 0) is 6.42 Å². The Morgan fingerprint density at radius 1 is 0.917 bits per heavy atom. The highest BCUT2D eigenvalue weighted by molar-refractivity contribution is 5.58. The monoisotopic (exact) mass is 327 g/mol. The normalized spacial score (nSPS) is 21.8. The fraction of sp³-hybridized carbons (Fsp3) is 0.368. The van der Waals surface area contributed by atoms with Gasteiger partial charge in [-0.05, 0) is 60.0 Å². The second kappa shape index (κ2) is 5.31. The lowest BCUT2D eigenvalue weighted by molar-refractivity contribution is 0.226. The Labute approximate surface area is 141 Å². The van der Waals surface area contributed by atoms with Crippen LogP contribution in [0.3, 0.4) is 0 Å². The lowest BCUT2D eigenvalue weighted by Gasteiger charge is -2.36. The van der Waals surface area contributed by atoms with E-state index in [0.717, 1.165) is 24.1 Å². The number of fused-ring (bicyclic) bond motifs is 1. The van der Waals surface area contributed by atoms with Crippen molar-refractivity contribution in [2.75, 3.05) is 27.8 Å². The van der Waals surface area contributed by atoms with Gasteiger partial charge in [-0.25, -0.2) is 0 Å². The standard InChI is InChI=1S/C19H21NO4/c1-20-9-14-11-7-18(23-2)16(21)5-10(11)4-15(20)13-6-17(22)19(24-3)8-12(13)14/h5-8,14-15,21-22H,4,9H2,1-3H3. The van der Waals surface area contributed by atoms with Gasteiger partial charge in [-0.2, -0.15) is 0 Å². The van der Waals surface area contributed by atoms with Gasteiger partial charge in [0.05, 0.1) is 14.2 Å². The van der Waals surface area contributed by atoms with Gasteiger partial charge in [-0.3, -0.25) is 4.90 Å². The first-order valence-electron chi connectivity index (χ1n) is 8.04. The van der Waals surface area contributed by atoms with Crippen molar-refractivity contribution in [1.82, 2.24) is 4.90 Å². The van der Waals surface area contributed by atoms with E-state index in [9.17, 15) is 10.2 Å². The third-order valence-electron chi connectivity index (χ3n) is 5.35. The molecule has 126 valence electrons. The molecule has 5 nitrogen and oxygen atoms in total. The molecule has 2 aliphatic heterocycles. The van der Waals surface area contributed by atoms with Crippen LogP contribution < -0.4 is 9.47 Å². The Kier molecular flexibility index (Phi) is 3.35. The summed E-state index contributed by atoms with van der Waals surface area (Å²) in [7, 11) is 5.24. The molecule has 3 aliphatic rings. The van der Waals surface area contributed by atoms with Crippen molar-refractivity contribution in [3.05, 3.63) is 46.5 Å². The van der Waals surface area contributed by atoms with Crippen molar-refractivity contribution < 1.29 is 19.7 Å². The highest BCUT2D eigenvalue weighted by Gasteiger charge is 2.38. The number of phenols is 2. The molecule has 5 rings (SSSR count). The van der Waals surface area contributed by atoms with Crippen LogP contribution in [0.1, 0.15) is 34.2 Å². The van der Waals surface area contributed by atoms with E-state index in [-0.39, 0.29) is 23.5 Å². The van der Waals surface area contributed by atoms with Gasteiger partial charge >= 0.3 is 0 Å². The Hall–Kier alpha value is -2.40. The highest BCUT2D eigenvalue weighted by atomic mass is 16.5. The summed E-state index contributed by atoms with van der Waals surface area (Å²) in [6.45, 7) is 0.881. The molecule has 2 bridgehead atoms. The number of likely N-dealkylation sites (N-methyl/N-ethyl adjacent to an activating group) is 1. The molecule has 0 amide bonds. The van der Waals surface area contributed by atoms with Gasteiger partial charge < -0.3 is 19.7 Å².